The fourth-order valence-corrected chi connectivity index (χ4v) is 3.86. The van der Waals surface area contributed by atoms with Gasteiger partial charge in [0.1, 0.15) is 11.6 Å². The van der Waals surface area contributed by atoms with Crippen molar-refractivity contribution in [2.24, 2.45) is 17.8 Å². The average molecular weight is 285 g/mol. The van der Waals surface area contributed by atoms with Crippen LogP contribution in [0.15, 0.2) is 30.3 Å². The van der Waals surface area contributed by atoms with Crippen LogP contribution in [0.4, 0.5) is 0 Å². The first-order valence-electron chi connectivity index (χ1n) is 7.91. The minimum atomic E-state index is -0.363. The molecule has 1 aliphatic heterocycles. The van der Waals surface area contributed by atoms with Crippen molar-refractivity contribution >= 4 is 11.6 Å². The Morgan fingerprint density at radius 1 is 1.24 bits per heavy atom. The van der Waals surface area contributed by atoms with Crippen molar-refractivity contribution in [3.8, 4) is 0 Å². The number of carbonyl (C=O) groups is 2. The number of ketones is 2. The molecule has 0 bridgehead atoms. The molecule has 1 aliphatic carbocycles. The summed E-state index contributed by atoms with van der Waals surface area (Å²) in [5.41, 5.74) is 1.01. The van der Waals surface area contributed by atoms with Gasteiger partial charge >= 0.3 is 0 Å². The second kappa shape index (κ2) is 6.10. The van der Waals surface area contributed by atoms with E-state index in [-0.39, 0.29) is 17.5 Å². The van der Waals surface area contributed by atoms with Gasteiger partial charge in [0, 0.05) is 19.4 Å². The van der Waals surface area contributed by atoms with Crippen molar-refractivity contribution in [1.82, 2.24) is 4.90 Å². The lowest BCUT2D eigenvalue weighted by atomic mass is 9.68. The van der Waals surface area contributed by atoms with Crippen LogP contribution < -0.4 is 0 Å². The Hall–Kier alpha value is -1.48. The van der Waals surface area contributed by atoms with E-state index in [1.807, 2.05) is 30.3 Å². The van der Waals surface area contributed by atoms with Crippen molar-refractivity contribution < 1.29 is 9.59 Å². The molecule has 3 atom stereocenters. The lowest BCUT2D eigenvalue weighted by Crippen LogP contribution is -2.45. The summed E-state index contributed by atoms with van der Waals surface area (Å²) in [6, 6.07) is 9.75. The van der Waals surface area contributed by atoms with Crippen LogP contribution in [0.3, 0.4) is 0 Å². The Balaban J connectivity index is 1.67. The molecule has 0 radical (unpaired) electrons. The van der Waals surface area contributed by atoms with E-state index in [1.54, 1.807) is 0 Å². The molecule has 1 saturated carbocycles. The SMILES string of the molecule is CN1CCC2CC(=O)C(C(=O)Cc3ccccc3)CC2C1. The highest BCUT2D eigenvalue weighted by molar-refractivity contribution is 6.03. The topological polar surface area (TPSA) is 37.4 Å². The van der Waals surface area contributed by atoms with E-state index in [1.165, 1.54) is 0 Å². The molecule has 0 spiro atoms. The van der Waals surface area contributed by atoms with Gasteiger partial charge in [0.15, 0.2) is 0 Å². The maximum absolute atomic E-state index is 12.5. The molecule has 1 aromatic carbocycles. The van der Waals surface area contributed by atoms with Crippen LogP contribution in [0.1, 0.15) is 24.8 Å². The molecular formula is C18H23NO2. The monoisotopic (exact) mass is 285 g/mol. The van der Waals surface area contributed by atoms with E-state index in [0.29, 0.717) is 24.7 Å². The molecule has 0 N–H and O–H groups in total. The Bertz CT molecular complexity index is 525. The number of fused-ring (bicyclic) bond motifs is 1. The summed E-state index contributed by atoms with van der Waals surface area (Å²) in [7, 11) is 2.13. The normalized spacial score (nSPS) is 30.0. The molecule has 2 aliphatic rings. The van der Waals surface area contributed by atoms with Gasteiger partial charge in [-0.15, -0.1) is 0 Å². The van der Waals surface area contributed by atoms with Gasteiger partial charge in [-0.1, -0.05) is 30.3 Å². The first-order chi connectivity index (χ1) is 10.1. The molecule has 21 heavy (non-hydrogen) atoms. The standard InChI is InChI=1S/C18H23NO2/c1-19-8-7-14-11-18(21)16(10-15(14)12-19)17(20)9-13-5-3-2-4-6-13/h2-6,14-16H,7-12H2,1H3. The Morgan fingerprint density at radius 2 is 2.00 bits per heavy atom. The number of hydrogen-bond donors (Lipinski definition) is 0. The van der Waals surface area contributed by atoms with Crippen LogP contribution >= 0.6 is 0 Å². The molecule has 3 nitrogen and oxygen atoms in total. The molecule has 112 valence electrons. The largest absolute Gasteiger partial charge is 0.306 e. The van der Waals surface area contributed by atoms with E-state index in [4.69, 9.17) is 0 Å². The van der Waals surface area contributed by atoms with Gasteiger partial charge in [-0.2, -0.15) is 0 Å². The van der Waals surface area contributed by atoms with Gasteiger partial charge in [-0.3, -0.25) is 9.59 Å². The third-order valence-electron chi connectivity index (χ3n) is 5.09. The number of carbonyl (C=O) groups excluding carboxylic acids is 2. The predicted molar refractivity (Wildman–Crippen MR) is 82.0 cm³/mol. The number of rotatable bonds is 3. The van der Waals surface area contributed by atoms with Gasteiger partial charge in [0.05, 0.1) is 5.92 Å². The number of likely N-dealkylation sites (tertiary alicyclic amines) is 1. The molecular weight excluding hydrogens is 262 g/mol. The van der Waals surface area contributed by atoms with Crippen molar-refractivity contribution in [3.63, 3.8) is 0 Å². The van der Waals surface area contributed by atoms with Crippen molar-refractivity contribution in [2.45, 2.75) is 25.7 Å². The molecule has 3 rings (SSSR count). The minimum Gasteiger partial charge on any atom is -0.306 e. The van der Waals surface area contributed by atoms with Crippen LogP contribution in [0, 0.1) is 17.8 Å². The molecule has 2 fully saturated rings. The van der Waals surface area contributed by atoms with Crippen LogP contribution in [0.5, 0.6) is 0 Å². The third kappa shape index (κ3) is 3.24. The van der Waals surface area contributed by atoms with Gasteiger partial charge in [0.2, 0.25) is 0 Å². The highest BCUT2D eigenvalue weighted by Gasteiger charge is 2.40. The number of hydrogen-bond acceptors (Lipinski definition) is 3. The molecule has 3 unspecified atom stereocenters. The maximum Gasteiger partial charge on any atom is 0.147 e. The van der Waals surface area contributed by atoms with Crippen LogP contribution in [-0.2, 0) is 16.0 Å². The Labute approximate surface area is 126 Å². The van der Waals surface area contributed by atoms with E-state index >= 15 is 0 Å². The fraction of sp³-hybridized carbons (Fsp3) is 0.556. The fourth-order valence-electron chi connectivity index (χ4n) is 3.86. The highest BCUT2D eigenvalue weighted by Crippen LogP contribution is 2.37. The van der Waals surface area contributed by atoms with Crippen LogP contribution in [0.2, 0.25) is 0 Å². The minimum absolute atomic E-state index is 0.109. The Kier molecular flexibility index (Phi) is 4.20. The smallest absolute Gasteiger partial charge is 0.147 e. The van der Waals surface area contributed by atoms with Crippen molar-refractivity contribution in [1.29, 1.82) is 0 Å². The zero-order chi connectivity index (χ0) is 14.8. The third-order valence-corrected chi connectivity index (χ3v) is 5.09. The van der Waals surface area contributed by atoms with Crippen LogP contribution in [0.25, 0.3) is 0 Å². The van der Waals surface area contributed by atoms with E-state index < -0.39 is 0 Å². The summed E-state index contributed by atoms with van der Waals surface area (Å²) in [5, 5.41) is 0. The average Bonchev–Trinajstić information content (AvgIpc) is 2.48. The number of Topliss-reactive ketones (excluding diaryl/α,β-unsaturated/α-hetero) is 2. The number of piperidine rings is 1. The van der Waals surface area contributed by atoms with Gasteiger partial charge in [0.25, 0.3) is 0 Å². The summed E-state index contributed by atoms with van der Waals surface area (Å²) in [6.07, 6.45) is 2.88. The first-order valence-corrected chi connectivity index (χ1v) is 7.91. The van der Waals surface area contributed by atoms with Crippen molar-refractivity contribution in [3.05, 3.63) is 35.9 Å². The maximum atomic E-state index is 12.5. The summed E-state index contributed by atoms with van der Waals surface area (Å²) < 4.78 is 0. The molecule has 1 saturated heterocycles. The first kappa shape index (κ1) is 14.5. The quantitative estimate of drug-likeness (QED) is 0.800. The number of nitrogens with zero attached hydrogens (tertiary/aromatic N) is 1. The van der Waals surface area contributed by atoms with Crippen LogP contribution in [-0.4, -0.2) is 36.6 Å². The lowest BCUT2D eigenvalue weighted by Gasteiger charge is -2.41. The number of benzene rings is 1. The summed E-state index contributed by atoms with van der Waals surface area (Å²) in [4.78, 5) is 27.2. The summed E-state index contributed by atoms with van der Waals surface area (Å²) in [5.74, 6) is 0.957. The van der Waals surface area contributed by atoms with Gasteiger partial charge < -0.3 is 4.90 Å². The highest BCUT2D eigenvalue weighted by atomic mass is 16.1. The molecule has 1 aromatic rings. The molecule has 3 heteroatoms. The molecule has 0 amide bonds. The van der Waals surface area contributed by atoms with E-state index in [9.17, 15) is 9.59 Å². The Morgan fingerprint density at radius 3 is 2.76 bits per heavy atom. The molecule has 0 aromatic heterocycles. The van der Waals surface area contributed by atoms with Crippen molar-refractivity contribution in [2.75, 3.05) is 20.1 Å². The predicted octanol–water partition coefficient (Wildman–Crippen LogP) is 2.35. The summed E-state index contributed by atoms with van der Waals surface area (Å²) in [6.45, 7) is 2.12. The zero-order valence-corrected chi connectivity index (χ0v) is 12.6. The van der Waals surface area contributed by atoms with E-state index in [2.05, 4.69) is 11.9 Å². The van der Waals surface area contributed by atoms with E-state index in [0.717, 1.165) is 31.5 Å². The molecule has 1 heterocycles. The second-order valence-electron chi connectivity index (χ2n) is 6.66. The zero-order valence-electron chi connectivity index (χ0n) is 12.6. The second-order valence-corrected chi connectivity index (χ2v) is 6.66. The lowest BCUT2D eigenvalue weighted by molar-refractivity contribution is -0.137. The van der Waals surface area contributed by atoms with Gasteiger partial charge in [-0.25, -0.2) is 0 Å². The van der Waals surface area contributed by atoms with Gasteiger partial charge in [-0.05, 0) is 43.8 Å². The summed E-state index contributed by atoms with van der Waals surface area (Å²) >= 11 is 0.